The third-order valence-corrected chi connectivity index (χ3v) is 9.39. The van der Waals surface area contributed by atoms with Crippen molar-refractivity contribution in [1.29, 1.82) is 0 Å². The Kier molecular flexibility index (Phi) is 8.35. The molecule has 1 saturated carbocycles. The highest BCUT2D eigenvalue weighted by Crippen LogP contribution is 2.38. The molecule has 1 aromatic heterocycles. The molecule has 3 rings (SSSR count). The molecule has 1 aliphatic carbocycles. The number of thiazole rings is 1. The molecule has 27 heavy (non-hydrogen) atoms. The maximum Gasteiger partial charge on any atom is 0.193 e. The Balaban J connectivity index is 0.00000261. The predicted octanol–water partition coefficient (Wildman–Crippen LogP) is 2.87. The molecule has 2 heterocycles. The Morgan fingerprint density at radius 3 is 2.74 bits per heavy atom. The van der Waals surface area contributed by atoms with Crippen molar-refractivity contribution in [3.05, 3.63) is 16.1 Å². The molecule has 0 radical (unpaired) electrons. The van der Waals surface area contributed by atoms with E-state index in [0.717, 1.165) is 62.5 Å². The van der Waals surface area contributed by atoms with E-state index in [4.69, 9.17) is 0 Å². The highest BCUT2D eigenvalue weighted by atomic mass is 127. The highest BCUT2D eigenvalue weighted by molar-refractivity contribution is 14.0. The van der Waals surface area contributed by atoms with Gasteiger partial charge in [0.25, 0.3) is 0 Å². The molecule has 0 bridgehead atoms. The normalized spacial score (nSPS) is 21.7. The first-order valence-corrected chi connectivity index (χ1v) is 12.1. The lowest BCUT2D eigenvalue weighted by molar-refractivity contribution is 0.274. The van der Waals surface area contributed by atoms with Crippen molar-refractivity contribution >= 4 is 51.1 Å². The van der Waals surface area contributed by atoms with Crippen LogP contribution < -0.4 is 5.32 Å². The predicted molar refractivity (Wildman–Crippen MR) is 123 cm³/mol. The van der Waals surface area contributed by atoms with Gasteiger partial charge in [-0.25, -0.2) is 13.4 Å². The second kappa shape index (κ2) is 9.87. The molecule has 1 aromatic rings. The largest absolute Gasteiger partial charge is 0.356 e. The van der Waals surface area contributed by atoms with Gasteiger partial charge in [-0.15, -0.1) is 35.3 Å². The molecule has 1 spiro atoms. The quantitative estimate of drug-likeness (QED) is 0.371. The summed E-state index contributed by atoms with van der Waals surface area (Å²) < 4.78 is 24.9. The van der Waals surface area contributed by atoms with E-state index in [1.807, 2.05) is 6.20 Å². The summed E-state index contributed by atoms with van der Waals surface area (Å²) in [5, 5.41) is 4.55. The number of hydrogen-bond acceptors (Lipinski definition) is 5. The molecule has 0 atom stereocenters. The summed E-state index contributed by atoms with van der Waals surface area (Å²) in [5.41, 5.74) is 0. The lowest BCUT2D eigenvalue weighted by Gasteiger charge is -2.45. The molecule has 1 saturated heterocycles. The van der Waals surface area contributed by atoms with Gasteiger partial charge in [-0.05, 0) is 19.3 Å². The van der Waals surface area contributed by atoms with Crippen molar-refractivity contribution in [2.45, 2.75) is 56.6 Å². The third-order valence-electron chi connectivity index (χ3n) is 5.62. The number of sulfone groups is 1. The topological polar surface area (TPSA) is 74.7 Å². The Morgan fingerprint density at radius 1 is 1.37 bits per heavy atom. The summed E-state index contributed by atoms with van der Waals surface area (Å²) in [6, 6.07) is 0. The van der Waals surface area contributed by atoms with Crippen LogP contribution in [0.1, 0.15) is 48.9 Å². The number of aryl methyl sites for hydroxylation is 1. The van der Waals surface area contributed by atoms with Crippen LogP contribution in [0, 0.1) is 0 Å². The smallest absolute Gasteiger partial charge is 0.193 e. The number of nitrogens with one attached hydrogen (secondary N) is 1. The van der Waals surface area contributed by atoms with Crippen LogP contribution in [0.15, 0.2) is 11.2 Å². The fraction of sp³-hybridized carbons (Fsp3) is 0.778. The molecule has 0 aromatic carbocycles. The Labute approximate surface area is 184 Å². The molecule has 1 aliphatic heterocycles. The number of nitrogens with zero attached hydrogens (tertiary/aromatic N) is 3. The van der Waals surface area contributed by atoms with Crippen molar-refractivity contribution in [3.8, 4) is 0 Å². The average molecular weight is 527 g/mol. The van der Waals surface area contributed by atoms with E-state index in [0.29, 0.717) is 13.1 Å². The molecular weight excluding hydrogens is 495 g/mol. The van der Waals surface area contributed by atoms with Crippen LogP contribution in [0.25, 0.3) is 0 Å². The maximum absolute atomic E-state index is 12.8. The molecule has 9 heteroatoms. The molecule has 6 nitrogen and oxygen atoms in total. The van der Waals surface area contributed by atoms with Gasteiger partial charge in [0.15, 0.2) is 15.8 Å². The Morgan fingerprint density at radius 2 is 2.11 bits per heavy atom. The molecular formula is C18H31IN4O2S2. The highest BCUT2D eigenvalue weighted by Gasteiger charge is 2.48. The first-order valence-electron chi connectivity index (χ1n) is 9.61. The fourth-order valence-electron chi connectivity index (χ4n) is 4.06. The second-order valence-corrected chi connectivity index (χ2v) is 11.0. The fourth-order valence-corrected chi connectivity index (χ4v) is 7.08. The van der Waals surface area contributed by atoms with Gasteiger partial charge in [-0.3, -0.25) is 4.99 Å². The zero-order chi connectivity index (χ0) is 18.6. The number of halogens is 1. The molecule has 2 aliphatic rings. The Hall–Kier alpha value is -0.420. The van der Waals surface area contributed by atoms with Gasteiger partial charge in [0.2, 0.25) is 0 Å². The summed E-state index contributed by atoms with van der Waals surface area (Å²) in [4.78, 5) is 12.3. The minimum atomic E-state index is -3.02. The van der Waals surface area contributed by atoms with Crippen molar-refractivity contribution in [2.75, 3.05) is 32.4 Å². The standard InChI is InChI=1S/C18H30N4O2S2.HI/c1-3-15-13-21-16(25-15)7-10-20-17(19-2)22-11-12-26(23,24)18(14-22)8-5-4-6-9-18;/h13H,3-12,14H2,1-2H3,(H,19,20);1H. The van der Waals surface area contributed by atoms with E-state index < -0.39 is 14.6 Å². The van der Waals surface area contributed by atoms with Crippen molar-refractivity contribution in [2.24, 2.45) is 4.99 Å². The molecule has 0 amide bonds. The number of aromatic nitrogens is 1. The van der Waals surface area contributed by atoms with Crippen molar-refractivity contribution in [3.63, 3.8) is 0 Å². The van der Waals surface area contributed by atoms with Crippen molar-refractivity contribution in [1.82, 2.24) is 15.2 Å². The van der Waals surface area contributed by atoms with Gasteiger partial charge in [0.05, 0.1) is 15.5 Å². The molecule has 1 N–H and O–H groups in total. The van der Waals surface area contributed by atoms with Crippen LogP contribution >= 0.6 is 35.3 Å². The maximum atomic E-state index is 12.8. The van der Waals surface area contributed by atoms with E-state index in [9.17, 15) is 8.42 Å². The lowest BCUT2D eigenvalue weighted by Crippen LogP contribution is -2.60. The van der Waals surface area contributed by atoms with E-state index in [1.165, 1.54) is 4.88 Å². The van der Waals surface area contributed by atoms with E-state index in [2.05, 4.69) is 27.1 Å². The molecule has 154 valence electrons. The summed E-state index contributed by atoms with van der Waals surface area (Å²) in [6.45, 7) is 4.01. The minimum Gasteiger partial charge on any atom is -0.356 e. The van der Waals surface area contributed by atoms with Gasteiger partial charge >= 0.3 is 0 Å². The first kappa shape index (κ1) is 22.9. The first-order chi connectivity index (χ1) is 12.5. The van der Waals surface area contributed by atoms with Gasteiger partial charge in [0.1, 0.15) is 0 Å². The SMILES string of the molecule is CCc1cnc(CCNC(=NC)N2CCS(=O)(=O)C3(CCCCC3)C2)s1.I. The summed E-state index contributed by atoms with van der Waals surface area (Å²) in [6.07, 6.45) is 8.61. The van der Waals surface area contributed by atoms with Crippen LogP contribution in [0.2, 0.25) is 0 Å². The molecule has 0 unspecified atom stereocenters. The van der Waals surface area contributed by atoms with Gasteiger partial charge in [0, 0.05) is 44.2 Å². The third kappa shape index (κ3) is 5.14. The number of rotatable bonds is 4. The zero-order valence-electron chi connectivity index (χ0n) is 16.2. The number of guanidine groups is 1. The average Bonchev–Trinajstić information content (AvgIpc) is 3.10. The van der Waals surface area contributed by atoms with Crippen LogP contribution in [-0.4, -0.2) is 61.4 Å². The number of hydrogen-bond donors (Lipinski definition) is 1. The second-order valence-electron chi connectivity index (χ2n) is 7.28. The van der Waals surface area contributed by atoms with Crippen LogP contribution in [0.4, 0.5) is 0 Å². The van der Waals surface area contributed by atoms with Crippen LogP contribution in [0.5, 0.6) is 0 Å². The van der Waals surface area contributed by atoms with Gasteiger partial charge in [-0.1, -0.05) is 26.2 Å². The minimum absolute atomic E-state index is 0. The summed E-state index contributed by atoms with van der Waals surface area (Å²) >= 11 is 1.76. The van der Waals surface area contributed by atoms with Crippen molar-refractivity contribution < 1.29 is 8.42 Å². The van der Waals surface area contributed by atoms with E-state index in [1.54, 1.807) is 18.4 Å². The van der Waals surface area contributed by atoms with Crippen LogP contribution in [-0.2, 0) is 22.7 Å². The lowest BCUT2D eigenvalue weighted by atomic mass is 9.87. The van der Waals surface area contributed by atoms with E-state index >= 15 is 0 Å². The monoisotopic (exact) mass is 526 g/mol. The van der Waals surface area contributed by atoms with Gasteiger partial charge < -0.3 is 10.2 Å². The summed E-state index contributed by atoms with van der Waals surface area (Å²) in [7, 11) is -1.24. The number of aliphatic imine (C=N–C) groups is 1. The zero-order valence-corrected chi connectivity index (χ0v) is 20.2. The Bertz CT molecular complexity index is 742. The molecule has 2 fully saturated rings. The summed E-state index contributed by atoms with van der Waals surface area (Å²) in [5.74, 6) is 1.05. The van der Waals surface area contributed by atoms with E-state index in [-0.39, 0.29) is 29.7 Å². The van der Waals surface area contributed by atoms with Crippen LogP contribution in [0.3, 0.4) is 0 Å². The van der Waals surface area contributed by atoms with Gasteiger partial charge in [-0.2, -0.15) is 0 Å².